The maximum atomic E-state index is 12.2. The van der Waals surface area contributed by atoms with Crippen molar-refractivity contribution in [3.05, 3.63) is 15.6 Å². The van der Waals surface area contributed by atoms with Crippen molar-refractivity contribution in [3.63, 3.8) is 0 Å². The first-order valence-electron chi connectivity index (χ1n) is 6.97. The Hall–Kier alpha value is -1.43. The summed E-state index contributed by atoms with van der Waals surface area (Å²) in [6.07, 6.45) is 4.72. The highest BCUT2D eigenvalue weighted by atomic mass is 32.1. The van der Waals surface area contributed by atoms with Gasteiger partial charge in [0.05, 0.1) is 17.1 Å². The normalized spacial score (nSPS) is 17.1. The topological polar surface area (TPSA) is 79.3 Å². The zero-order valence-electron chi connectivity index (χ0n) is 11.8. The van der Waals surface area contributed by atoms with Crippen LogP contribution >= 0.6 is 11.3 Å². The highest BCUT2D eigenvalue weighted by molar-refractivity contribution is 7.13. The highest BCUT2D eigenvalue weighted by Crippen LogP contribution is 2.37. The maximum Gasteiger partial charge on any atom is 0.305 e. The van der Waals surface area contributed by atoms with Crippen LogP contribution in [0.1, 0.15) is 65.3 Å². The second kappa shape index (κ2) is 6.35. The molecule has 110 valence electrons. The Morgan fingerprint density at radius 2 is 2.10 bits per heavy atom. The molecule has 1 aliphatic carbocycles. The van der Waals surface area contributed by atoms with Crippen molar-refractivity contribution in [2.24, 2.45) is 0 Å². The van der Waals surface area contributed by atoms with Gasteiger partial charge in [-0.25, -0.2) is 4.98 Å². The molecule has 5 nitrogen and oxygen atoms in total. The molecule has 0 saturated heterocycles. The van der Waals surface area contributed by atoms with Crippen LogP contribution in [0.15, 0.2) is 0 Å². The molecule has 1 fully saturated rings. The average Bonchev–Trinajstić information content (AvgIpc) is 2.95. The number of carboxylic acids is 1. The van der Waals surface area contributed by atoms with E-state index in [4.69, 9.17) is 5.11 Å². The predicted octanol–water partition coefficient (Wildman–Crippen LogP) is 2.70. The van der Waals surface area contributed by atoms with Crippen LogP contribution in [0.2, 0.25) is 0 Å². The largest absolute Gasteiger partial charge is 0.481 e. The molecule has 0 radical (unpaired) electrons. The Bertz CT molecular complexity index is 507. The van der Waals surface area contributed by atoms with E-state index in [2.05, 4.69) is 10.3 Å². The van der Waals surface area contributed by atoms with Crippen LogP contribution in [0.3, 0.4) is 0 Å². The second-order valence-corrected chi connectivity index (χ2v) is 6.45. The van der Waals surface area contributed by atoms with Crippen LogP contribution in [0.4, 0.5) is 0 Å². The van der Waals surface area contributed by atoms with Gasteiger partial charge in [-0.3, -0.25) is 9.59 Å². The summed E-state index contributed by atoms with van der Waals surface area (Å²) >= 11 is 1.46. The number of carboxylic acid groups (broad SMARTS) is 1. The minimum atomic E-state index is -0.912. The van der Waals surface area contributed by atoms with Crippen molar-refractivity contribution >= 4 is 23.2 Å². The summed E-state index contributed by atoms with van der Waals surface area (Å²) in [6.45, 7) is 3.53. The summed E-state index contributed by atoms with van der Waals surface area (Å²) in [5, 5.41) is 12.5. The summed E-state index contributed by atoms with van der Waals surface area (Å²) in [4.78, 5) is 27.9. The number of hydrogen-bond donors (Lipinski definition) is 2. The van der Waals surface area contributed by atoms with Crippen molar-refractivity contribution in [1.82, 2.24) is 10.3 Å². The van der Waals surface area contributed by atoms with Crippen LogP contribution < -0.4 is 5.32 Å². The molecule has 1 saturated carbocycles. The Morgan fingerprint density at radius 3 is 2.70 bits per heavy atom. The fourth-order valence-corrected chi connectivity index (χ4v) is 3.72. The number of carbonyl (C=O) groups is 2. The smallest absolute Gasteiger partial charge is 0.305 e. The van der Waals surface area contributed by atoms with Crippen molar-refractivity contribution in [3.8, 4) is 0 Å². The average molecular weight is 296 g/mol. The third-order valence-corrected chi connectivity index (χ3v) is 4.90. The first kappa shape index (κ1) is 15.0. The fraction of sp³-hybridized carbons (Fsp3) is 0.643. The van der Waals surface area contributed by atoms with Crippen molar-refractivity contribution < 1.29 is 14.7 Å². The summed E-state index contributed by atoms with van der Waals surface area (Å²) < 4.78 is 0. The molecule has 1 amide bonds. The second-order valence-electron chi connectivity index (χ2n) is 5.42. The van der Waals surface area contributed by atoms with E-state index < -0.39 is 5.97 Å². The molecular weight excluding hydrogens is 276 g/mol. The summed E-state index contributed by atoms with van der Waals surface area (Å²) in [7, 11) is 0. The summed E-state index contributed by atoms with van der Waals surface area (Å²) in [6, 6.07) is -0.378. The van der Waals surface area contributed by atoms with Gasteiger partial charge in [-0.05, 0) is 26.7 Å². The predicted molar refractivity (Wildman–Crippen MR) is 77.2 cm³/mol. The third-order valence-electron chi connectivity index (χ3n) is 3.58. The van der Waals surface area contributed by atoms with Gasteiger partial charge in [-0.1, -0.05) is 12.8 Å². The molecule has 0 bridgehead atoms. The lowest BCUT2D eigenvalue weighted by atomic mass is 10.1. The Labute approximate surface area is 122 Å². The monoisotopic (exact) mass is 296 g/mol. The standard InChI is InChI=1S/C14H20N2O3S/c1-8(7-11(17)18)15-13(19)12-9(2)16-14(20-12)10-5-3-4-6-10/h8,10H,3-7H2,1-2H3,(H,15,19)(H,17,18). The van der Waals surface area contributed by atoms with E-state index in [0.29, 0.717) is 10.8 Å². The van der Waals surface area contributed by atoms with Gasteiger partial charge in [0.2, 0.25) is 0 Å². The first-order valence-corrected chi connectivity index (χ1v) is 7.79. The molecule has 2 N–H and O–H groups in total. The summed E-state index contributed by atoms with van der Waals surface area (Å²) in [5.74, 6) is -0.625. The first-order chi connectivity index (χ1) is 9.47. The van der Waals surface area contributed by atoms with Gasteiger partial charge in [0, 0.05) is 12.0 Å². The Kier molecular flexibility index (Phi) is 4.75. The molecule has 0 aromatic carbocycles. The van der Waals surface area contributed by atoms with E-state index in [0.717, 1.165) is 23.5 Å². The number of hydrogen-bond acceptors (Lipinski definition) is 4. The van der Waals surface area contributed by atoms with Gasteiger partial charge in [-0.2, -0.15) is 0 Å². The van der Waals surface area contributed by atoms with Crippen LogP contribution in [0.5, 0.6) is 0 Å². The van der Waals surface area contributed by atoms with Gasteiger partial charge in [0.1, 0.15) is 4.88 Å². The zero-order valence-corrected chi connectivity index (χ0v) is 12.6. The number of thiazole rings is 1. The number of nitrogens with zero attached hydrogens (tertiary/aromatic N) is 1. The van der Waals surface area contributed by atoms with Crippen molar-refractivity contribution in [2.45, 2.75) is 57.9 Å². The lowest BCUT2D eigenvalue weighted by Gasteiger charge is -2.10. The van der Waals surface area contributed by atoms with Crippen LogP contribution in [-0.2, 0) is 4.79 Å². The molecule has 1 aromatic heterocycles. The molecule has 1 aliphatic rings. The molecule has 0 aliphatic heterocycles. The molecule has 1 heterocycles. The van der Waals surface area contributed by atoms with Crippen LogP contribution in [0, 0.1) is 6.92 Å². The number of aliphatic carboxylic acids is 1. The SMILES string of the molecule is Cc1nc(C2CCCC2)sc1C(=O)NC(C)CC(=O)O. The molecule has 6 heteroatoms. The van der Waals surface area contributed by atoms with E-state index in [1.807, 2.05) is 6.92 Å². The van der Waals surface area contributed by atoms with Crippen LogP contribution in [-0.4, -0.2) is 28.0 Å². The number of carbonyl (C=O) groups excluding carboxylic acids is 1. The number of rotatable bonds is 5. The number of aromatic nitrogens is 1. The lowest BCUT2D eigenvalue weighted by molar-refractivity contribution is -0.137. The lowest BCUT2D eigenvalue weighted by Crippen LogP contribution is -2.34. The number of aryl methyl sites for hydroxylation is 1. The molecule has 1 unspecified atom stereocenters. The van der Waals surface area contributed by atoms with Gasteiger partial charge < -0.3 is 10.4 Å². The molecular formula is C14H20N2O3S. The van der Waals surface area contributed by atoms with Gasteiger partial charge in [0.15, 0.2) is 0 Å². The molecule has 20 heavy (non-hydrogen) atoms. The quantitative estimate of drug-likeness (QED) is 0.875. The van der Waals surface area contributed by atoms with E-state index in [1.54, 1.807) is 6.92 Å². The van der Waals surface area contributed by atoms with Crippen LogP contribution in [0.25, 0.3) is 0 Å². The van der Waals surface area contributed by atoms with E-state index >= 15 is 0 Å². The van der Waals surface area contributed by atoms with Gasteiger partial charge >= 0.3 is 5.97 Å². The van der Waals surface area contributed by atoms with E-state index in [9.17, 15) is 9.59 Å². The van der Waals surface area contributed by atoms with Crippen molar-refractivity contribution in [2.75, 3.05) is 0 Å². The molecule has 1 atom stereocenters. The van der Waals surface area contributed by atoms with E-state index in [-0.39, 0.29) is 18.4 Å². The third kappa shape index (κ3) is 3.56. The Morgan fingerprint density at radius 1 is 1.45 bits per heavy atom. The minimum absolute atomic E-state index is 0.0704. The molecule has 0 spiro atoms. The number of nitrogens with one attached hydrogen (secondary N) is 1. The fourth-order valence-electron chi connectivity index (χ4n) is 2.58. The van der Waals surface area contributed by atoms with E-state index in [1.165, 1.54) is 24.2 Å². The van der Waals surface area contributed by atoms with Crippen molar-refractivity contribution in [1.29, 1.82) is 0 Å². The maximum absolute atomic E-state index is 12.2. The highest BCUT2D eigenvalue weighted by Gasteiger charge is 2.24. The molecule has 1 aromatic rings. The van der Waals surface area contributed by atoms with Gasteiger partial charge in [0.25, 0.3) is 5.91 Å². The summed E-state index contributed by atoms with van der Waals surface area (Å²) in [5.41, 5.74) is 0.747. The number of amides is 1. The zero-order chi connectivity index (χ0) is 14.7. The minimum Gasteiger partial charge on any atom is -0.481 e. The Balaban J connectivity index is 2.04. The van der Waals surface area contributed by atoms with Gasteiger partial charge in [-0.15, -0.1) is 11.3 Å². The molecule has 2 rings (SSSR count).